The Balaban J connectivity index is 2.09. The third-order valence-electron chi connectivity index (χ3n) is 4.06. The number of pyridine rings is 1. The molecule has 3 heteroatoms. The first kappa shape index (κ1) is 11.6. The van der Waals surface area contributed by atoms with Gasteiger partial charge in [0.2, 0.25) is 0 Å². The van der Waals surface area contributed by atoms with E-state index in [-0.39, 0.29) is 0 Å². The summed E-state index contributed by atoms with van der Waals surface area (Å²) in [5, 5.41) is 11.7. The van der Waals surface area contributed by atoms with Crippen molar-refractivity contribution in [3.8, 4) is 0 Å². The maximum Gasteiger partial charge on any atom is 0.110 e. The lowest BCUT2D eigenvalue weighted by Gasteiger charge is -2.44. The van der Waals surface area contributed by atoms with Gasteiger partial charge in [0, 0.05) is 24.3 Å². The summed E-state index contributed by atoms with van der Waals surface area (Å²) in [6.45, 7) is 0. The van der Waals surface area contributed by atoms with Crippen molar-refractivity contribution in [2.24, 2.45) is 0 Å². The lowest BCUT2D eigenvalue weighted by Crippen LogP contribution is -2.45. The zero-order chi connectivity index (χ0) is 12.6. The summed E-state index contributed by atoms with van der Waals surface area (Å²) in [7, 11) is 1.68. The molecule has 0 bridgehead atoms. The molecule has 1 aromatic carbocycles. The van der Waals surface area contributed by atoms with E-state index in [9.17, 15) is 5.11 Å². The molecule has 1 aliphatic rings. The van der Waals surface area contributed by atoms with Crippen LogP contribution in [-0.4, -0.2) is 22.8 Å². The Hall–Kier alpha value is -1.45. The Labute approximate surface area is 106 Å². The zero-order valence-corrected chi connectivity index (χ0v) is 10.5. The Kier molecular flexibility index (Phi) is 2.80. The Morgan fingerprint density at radius 3 is 2.72 bits per heavy atom. The molecule has 0 saturated heterocycles. The monoisotopic (exact) mass is 243 g/mol. The van der Waals surface area contributed by atoms with Crippen LogP contribution < -0.4 is 0 Å². The number of para-hydroxylation sites is 1. The van der Waals surface area contributed by atoms with Crippen molar-refractivity contribution < 1.29 is 9.84 Å². The highest BCUT2D eigenvalue weighted by atomic mass is 16.5. The molecule has 1 fully saturated rings. The van der Waals surface area contributed by atoms with E-state index in [1.54, 1.807) is 13.3 Å². The predicted molar refractivity (Wildman–Crippen MR) is 70.3 cm³/mol. The van der Waals surface area contributed by atoms with Gasteiger partial charge in [-0.15, -0.1) is 0 Å². The summed E-state index contributed by atoms with van der Waals surface area (Å²) in [6, 6.07) is 9.84. The number of benzene rings is 1. The van der Waals surface area contributed by atoms with Crippen molar-refractivity contribution in [2.75, 3.05) is 7.11 Å². The summed E-state index contributed by atoms with van der Waals surface area (Å²) < 4.78 is 5.56. The SMILES string of the molecule is COC1(C(O)c2cccc3cccnc23)CCC1. The van der Waals surface area contributed by atoms with Crippen LogP contribution in [0.1, 0.15) is 30.9 Å². The van der Waals surface area contributed by atoms with Crippen LogP contribution in [0.4, 0.5) is 0 Å². The molecule has 1 aliphatic carbocycles. The number of fused-ring (bicyclic) bond motifs is 1. The number of rotatable bonds is 3. The van der Waals surface area contributed by atoms with Crippen molar-refractivity contribution >= 4 is 10.9 Å². The maximum absolute atomic E-state index is 10.6. The second-order valence-corrected chi connectivity index (χ2v) is 4.95. The van der Waals surface area contributed by atoms with Gasteiger partial charge in [0.05, 0.1) is 11.1 Å². The summed E-state index contributed by atoms with van der Waals surface area (Å²) in [4.78, 5) is 4.39. The second kappa shape index (κ2) is 4.34. The normalized spacial score (nSPS) is 19.4. The first-order valence-corrected chi connectivity index (χ1v) is 6.34. The van der Waals surface area contributed by atoms with Gasteiger partial charge in [-0.1, -0.05) is 24.3 Å². The Bertz CT molecular complexity index is 552. The zero-order valence-electron chi connectivity index (χ0n) is 10.5. The number of aromatic nitrogens is 1. The molecule has 1 N–H and O–H groups in total. The summed E-state index contributed by atoms with van der Waals surface area (Å²) in [5.74, 6) is 0. The highest BCUT2D eigenvalue weighted by Crippen LogP contribution is 2.45. The fourth-order valence-electron chi connectivity index (χ4n) is 2.75. The lowest BCUT2D eigenvalue weighted by molar-refractivity contribution is -0.151. The van der Waals surface area contributed by atoms with Crippen LogP contribution in [0, 0.1) is 0 Å². The van der Waals surface area contributed by atoms with E-state index >= 15 is 0 Å². The van der Waals surface area contributed by atoms with Crippen LogP contribution in [0.2, 0.25) is 0 Å². The predicted octanol–water partition coefficient (Wildman–Crippen LogP) is 2.84. The Morgan fingerprint density at radius 2 is 2.06 bits per heavy atom. The standard InChI is InChI=1S/C15H17NO2/c1-18-15(8-4-9-15)14(17)12-7-2-5-11-6-3-10-16-13(11)12/h2-3,5-7,10,14,17H,4,8-9H2,1H3. The van der Waals surface area contributed by atoms with Crippen molar-refractivity contribution in [3.63, 3.8) is 0 Å². The van der Waals surface area contributed by atoms with Gasteiger partial charge >= 0.3 is 0 Å². The van der Waals surface area contributed by atoms with Gasteiger partial charge < -0.3 is 9.84 Å². The average molecular weight is 243 g/mol. The molecule has 3 rings (SSSR count). The van der Waals surface area contributed by atoms with Gasteiger partial charge in [-0.25, -0.2) is 0 Å². The largest absolute Gasteiger partial charge is 0.385 e. The maximum atomic E-state index is 10.6. The fraction of sp³-hybridized carbons (Fsp3) is 0.400. The molecule has 1 heterocycles. The summed E-state index contributed by atoms with van der Waals surface area (Å²) in [6.07, 6.45) is 4.10. The van der Waals surface area contributed by atoms with Crippen molar-refractivity contribution in [2.45, 2.75) is 31.0 Å². The molecular formula is C15H17NO2. The van der Waals surface area contributed by atoms with Crippen molar-refractivity contribution in [1.82, 2.24) is 4.98 Å². The molecule has 18 heavy (non-hydrogen) atoms. The molecular weight excluding hydrogens is 226 g/mol. The van der Waals surface area contributed by atoms with Gasteiger partial charge in [0.15, 0.2) is 0 Å². The number of nitrogens with zero attached hydrogens (tertiary/aromatic N) is 1. The number of hydrogen-bond acceptors (Lipinski definition) is 3. The highest BCUT2D eigenvalue weighted by Gasteiger charge is 2.45. The quantitative estimate of drug-likeness (QED) is 0.901. The van der Waals surface area contributed by atoms with Gasteiger partial charge in [-0.2, -0.15) is 0 Å². The summed E-state index contributed by atoms with van der Waals surface area (Å²) in [5.41, 5.74) is 1.33. The van der Waals surface area contributed by atoms with Gasteiger partial charge in [0.25, 0.3) is 0 Å². The minimum Gasteiger partial charge on any atom is -0.385 e. The molecule has 94 valence electrons. The number of aliphatic hydroxyl groups excluding tert-OH is 1. The van der Waals surface area contributed by atoms with Crippen LogP contribution in [0.15, 0.2) is 36.5 Å². The highest BCUT2D eigenvalue weighted by molar-refractivity contribution is 5.82. The number of aliphatic hydroxyl groups is 1. The van der Waals surface area contributed by atoms with Gasteiger partial charge in [-0.3, -0.25) is 4.98 Å². The van der Waals surface area contributed by atoms with Crippen LogP contribution in [0.5, 0.6) is 0 Å². The first-order chi connectivity index (χ1) is 8.77. The van der Waals surface area contributed by atoms with E-state index in [4.69, 9.17) is 4.74 Å². The van der Waals surface area contributed by atoms with E-state index in [1.807, 2.05) is 30.3 Å². The third-order valence-corrected chi connectivity index (χ3v) is 4.06. The van der Waals surface area contributed by atoms with E-state index in [2.05, 4.69) is 4.98 Å². The van der Waals surface area contributed by atoms with Crippen molar-refractivity contribution in [3.05, 3.63) is 42.1 Å². The first-order valence-electron chi connectivity index (χ1n) is 6.34. The van der Waals surface area contributed by atoms with E-state index < -0.39 is 11.7 Å². The van der Waals surface area contributed by atoms with Crippen LogP contribution in [0.25, 0.3) is 10.9 Å². The number of ether oxygens (including phenoxy) is 1. The topological polar surface area (TPSA) is 42.4 Å². The molecule has 2 aromatic rings. The molecule has 3 nitrogen and oxygen atoms in total. The Morgan fingerprint density at radius 1 is 1.28 bits per heavy atom. The van der Waals surface area contributed by atoms with E-state index in [0.29, 0.717) is 0 Å². The number of hydrogen-bond donors (Lipinski definition) is 1. The minimum atomic E-state index is -0.602. The average Bonchev–Trinajstić information content (AvgIpc) is 2.37. The number of methoxy groups -OCH3 is 1. The molecule has 0 aliphatic heterocycles. The fourth-order valence-corrected chi connectivity index (χ4v) is 2.75. The molecule has 1 aromatic heterocycles. The lowest BCUT2D eigenvalue weighted by atomic mass is 9.73. The smallest absolute Gasteiger partial charge is 0.110 e. The van der Waals surface area contributed by atoms with Crippen LogP contribution in [-0.2, 0) is 4.74 Å². The molecule has 0 radical (unpaired) electrons. The van der Waals surface area contributed by atoms with Crippen LogP contribution in [0.3, 0.4) is 0 Å². The van der Waals surface area contributed by atoms with Gasteiger partial charge in [-0.05, 0) is 25.3 Å². The third kappa shape index (κ3) is 1.62. The summed E-state index contributed by atoms with van der Waals surface area (Å²) >= 11 is 0. The molecule has 1 saturated carbocycles. The molecule has 1 atom stereocenters. The molecule has 1 unspecified atom stereocenters. The van der Waals surface area contributed by atoms with E-state index in [1.165, 1.54) is 0 Å². The van der Waals surface area contributed by atoms with Crippen molar-refractivity contribution in [1.29, 1.82) is 0 Å². The van der Waals surface area contributed by atoms with Gasteiger partial charge in [0.1, 0.15) is 6.10 Å². The van der Waals surface area contributed by atoms with E-state index in [0.717, 1.165) is 35.7 Å². The second-order valence-electron chi connectivity index (χ2n) is 4.95. The minimum absolute atomic E-state index is 0.411. The molecule has 0 amide bonds. The van der Waals surface area contributed by atoms with Crippen LogP contribution >= 0.6 is 0 Å². The molecule has 0 spiro atoms.